The quantitative estimate of drug-likeness (QED) is 0.672. The lowest BCUT2D eigenvalue weighted by Crippen LogP contribution is -2.44. The summed E-state index contributed by atoms with van der Waals surface area (Å²) in [5, 5.41) is 5.44. The van der Waals surface area contributed by atoms with E-state index in [1.54, 1.807) is 10.9 Å². The normalized spacial score (nSPS) is 18.7. The standard InChI is InChI=1S/C15H17ClN6O/c1-10-9-23-8-7-21(10)13-11-4-6-22(12-3-5-17-20(12)2)14(11)19-15(16)18-13/h3-6,10H,7-9H2,1-2H3. The van der Waals surface area contributed by atoms with E-state index in [1.807, 2.05) is 29.9 Å². The topological polar surface area (TPSA) is 61.0 Å². The summed E-state index contributed by atoms with van der Waals surface area (Å²) in [6.45, 7) is 4.29. The Labute approximate surface area is 138 Å². The van der Waals surface area contributed by atoms with Crippen molar-refractivity contribution in [2.75, 3.05) is 24.7 Å². The van der Waals surface area contributed by atoms with Gasteiger partial charge in [-0.15, -0.1) is 0 Å². The summed E-state index contributed by atoms with van der Waals surface area (Å²) < 4.78 is 9.30. The molecule has 4 rings (SSSR count). The van der Waals surface area contributed by atoms with E-state index in [1.165, 1.54) is 0 Å². The van der Waals surface area contributed by atoms with Crippen LogP contribution in [0.4, 0.5) is 5.82 Å². The summed E-state index contributed by atoms with van der Waals surface area (Å²) in [5.74, 6) is 1.78. The van der Waals surface area contributed by atoms with E-state index in [4.69, 9.17) is 16.3 Å². The lowest BCUT2D eigenvalue weighted by atomic mass is 10.2. The minimum atomic E-state index is 0.244. The molecule has 1 saturated heterocycles. The molecule has 4 heterocycles. The number of aryl methyl sites for hydroxylation is 1. The maximum absolute atomic E-state index is 6.20. The van der Waals surface area contributed by atoms with E-state index in [0.717, 1.165) is 29.2 Å². The SMILES string of the molecule is CC1COCCN1c1nc(Cl)nc2c1ccn2-c1ccnn1C. The molecule has 0 bridgehead atoms. The highest BCUT2D eigenvalue weighted by atomic mass is 35.5. The van der Waals surface area contributed by atoms with Gasteiger partial charge in [0.1, 0.15) is 11.6 Å². The van der Waals surface area contributed by atoms with Crippen LogP contribution >= 0.6 is 11.6 Å². The molecule has 1 aliphatic heterocycles. The molecule has 0 saturated carbocycles. The molecule has 23 heavy (non-hydrogen) atoms. The summed E-state index contributed by atoms with van der Waals surface area (Å²) >= 11 is 6.20. The molecule has 1 fully saturated rings. The molecular formula is C15H17ClN6O. The molecule has 3 aromatic rings. The summed E-state index contributed by atoms with van der Waals surface area (Å²) in [6, 6.07) is 4.21. The van der Waals surface area contributed by atoms with E-state index < -0.39 is 0 Å². The average Bonchev–Trinajstić information content (AvgIpc) is 3.13. The second-order valence-corrected chi connectivity index (χ2v) is 6.01. The molecule has 1 unspecified atom stereocenters. The van der Waals surface area contributed by atoms with Crippen molar-refractivity contribution in [2.45, 2.75) is 13.0 Å². The molecule has 0 aromatic carbocycles. The number of aromatic nitrogens is 5. The van der Waals surface area contributed by atoms with Gasteiger partial charge in [0.2, 0.25) is 5.28 Å². The Hall–Kier alpha value is -2.12. The van der Waals surface area contributed by atoms with Gasteiger partial charge in [-0.3, -0.25) is 9.25 Å². The first kappa shape index (κ1) is 14.5. The zero-order valence-electron chi connectivity index (χ0n) is 13.0. The molecule has 0 aliphatic carbocycles. The van der Waals surface area contributed by atoms with Gasteiger partial charge in [0.15, 0.2) is 5.65 Å². The number of hydrogen-bond acceptors (Lipinski definition) is 5. The van der Waals surface area contributed by atoms with E-state index in [2.05, 4.69) is 26.9 Å². The van der Waals surface area contributed by atoms with Crippen LogP contribution in [0, 0.1) is 0 Å². The molecule has 120 valence electrons. The summed E-state index contributed by atoms with van der Waals surface area (Å²) in [5.41, 5.74) is 0.780. The maximum Gasteiger partial charge on any atom is 0.226 e. The van der Waals surface area contributed by atoms with Gasteiger partial charge in [-0.25, -0.2) is 0 Å². The molecule has 1 atom stereocenters. The Morgan fingerprint density at radius 2 is 2.17 bits per heavy atom. The average molecular weight is 333 g/mol. The monoisotopic (exact) mass is 332 g/mol. The van der Waals surface area contributed by atoms with Gasteiger partial charge in [0.25, 0.3) is 0 Å². The number of anilines is 1. The summed E-state index contributed by atoms with van der Waals surface area (Å²) in [4.78, 5) is 11.1. The van der Waals surface area contributed by atoms with Crippen LogP contribution in [-0.4, -0.2) is 50.1 Å². The predicted molar refractivity (Wildman–Crippen MR) is 88.3 cm³/mol. The van der Waals surface area contributed by atoms with Gasteiger partial charge in [0, 0.05) is 25.9 Å². The van der Waals surface area contributed by atoms with E-state index in [9.17, 15) is 0 Å². The highest BCUT2D eigenvalue weighted by molar-refractivity contribution is 6.28. The van der Waals surface area contributed by atoms with Gasteiger partial charge in [-0.1, -0.05) is 0 Å². The Kier molecular flexibility index (Phi) is 3.46. The third-order valence-corrected chi connectivity index (χ3v) is 4.35. The number of rotatable bonds is 2. The molecular weight excluding hydrogens is 316 g/mol. The van der Waals surface area contributed by atoms with Gasteiger partial charge < -0.3 is 9.64 Å². The lowest BCUT2D eigenvalue weighted by molar-refractivity contribution is 0.0987. The van der Waals surface area contributed by atoms with Crippen molar-refractivity contribution >= 4 is 28.5 Å². The fraction of sp³-hybridized carbons (Fsp3) is 0.400. The molecule has 7 nitrogen and oxygen atoms in total. The zero-order valence-corrected chi connectivity index (χ0v) is 13.7. The molecule has 0 radical (unpaired) electrons. The van der Waals surface area contributed by atoms with Crippen LogP contribution in [0.5, 0.6) is 0 Å². The van der Waals surface area contributed by atoms with Gasteiger partial charge in [-0.05, 0) is 24.6 Å². The van der Waals surface area contributed by atoms with Crippen LogP contribution in [0.2, 0.25) is 5.28 Å². The first-order valence-electron chi connectivity index (χ1n) is 7.52. The van der Waals surface area contributed by atoms with Crippen LogP contribution in [0.15, 0.2) is 24.5 Å². The Balaban J connectivity index is 1.90. The van der Waals surface area contributed by atoms with E-state index in [-0.39, 0.29) is 11.3 Å². The molecule has 3 aromatic heterocycles. The Morgan fingerprint density at radius 3 is 2.91 bits per heavy atom. The third-order valence-electron chi connectivity index (χ3n) is 4.18. The molecule has 8 heteroatoms. The highest BCUT2D eigenvalue weighted by Crippen LogP contribution is 2.30. The predicted octanol–water partition coefficient (Wildman–Crippen LogP) is 2.03. The molecule has 0 amide bonds. The fourth-order valence-corrected chi connectivity index (χ4v) is 3.18. The number of halogens is 1. The summed E-state index contributed by atoms with van der Waals surface area (Å²) in [7, 11) is 1.90. The first-order chi connectivity index (χ1) is 11.1. The van der Waals surface area contributed by atoms with Crippen molar-refractivity contribution in [3.05, 3.63) is 29.8 Å². The van der Waals surface area contributed by atoms with Gasteiger partial charge >= 0.3 is 0 Å². The van der Waals surface area contributed by atoms with Crippen molar-refractivity contribution in [3.8, 4) is 5.82 Å². The molecule has 0 N–H and O–H groups in total. The molecule has 0 spiro atoms. The van der Waals surface area contributed by atoms with E-state index in [0.29, 0.717) is 13.2 Å². The zero-order chi connectivity index (χ0) is 16.0. The van der Waals surface area contributed by atoms with Crippen molar-refractivity contribution < 1.29 is 4.74 Å². The first-order valence-corrected chi connectivity index (χ1v) is 7.90. The second kappa shape index (κ2) is 5.50. The van der Waals surface area contributed by atoms with Crippen molar-refractivity contribution in [2.24, 2.45) is 7.05 Å². The number of morpholine rings is 1. The smallest absolute Gasteiger partial charge is 0.226 e. The highest BCUT2D eigenvalue weighted by Gasteiger charge is 2.24. The number of ether oxygens (including phenoxy) is 1. The van der Waals surface area contributed by atoms with Crippen molar-refractivity contribution in [1.82, 2.24) is 24.3 Å². The number of nitrogens with zero attached hydrogens (tertiary/aromatic N) is 6. The van der Waals surface area contributed by atoms with Gasteiger partial charge in [-0.2, -0.15) is 15.1 Å². The fourth-order valence-electron chi connectivity index (χ4n) is 3.02. The van der Waals surface area contributed by atoms with Crippen LogP contribution in [-0.2, 0) is 11.8 Å². The number of hydrogen-bond donors (Lipinski definition) is 0. The van der Waals surface area contributed by atoms with Crippen LogP contribution < -0.4 is 4.90 Å². The number of fused-ring (bicyclic) bond motifs is 1. The maximum atomic E-state index is 6.20. The van der Waals surface area contributed by atoms with Crippen LogP contribution in [0.3, 0.4) is 0 Å². The van der Waals surface area contributed by atoms with Crippen molar-refractivity contribution in [3.63, 3.8) is 0 Å². The third kappa shape index (κ3) is 2.36. The Morgan fingerprint density at radius 1 is 1.30 bits per heavy atom. The largest absolute Gasteiger partial charge is 0.377 e. The minimum Gasteiger partial charge on any atom is -0.377 e. The van der Waals surface area contributed by atoms with Crippen molar-refractivity contribution in [1.29, 1.82) is 0 Å². The Bertz CT molecular complexity index is 857. The van der Waals surface area contributed by atoms with Gasteiger partial charge in [0.05, 0.1) is 30.8 Å². The summed E-state index contributed by atoms with van der Waals surface area (Å²) in [6.07, 6.45) is 3.73. The minimum absolute atomic E-state index is 0.244. The van der Waals surface area contributed by atoms with Crippen LogP contribution in [0.1, 0.15) is 6.92 Å². The second-order valence-electron chi connectivity index (χ2n) is 5.67. The van der Waals surface area contributed by atoms with Crippen LogP contribution in [0.25, 0.3) is 16.9 Å². The lowest BCUT2D eigenvalue weighted by Gasteiger charge is -2.34. The van der Waals surface area contributed by atoms with E-state index >= 15 is 0 Å². The molecule has 1 aliphatic rings.